The van der Waals surface area contributed by atoms with E-state index in [-0.39, 0.29) is 35.6 Å². The fourth-order valence-corrected chi connectivity index (χ4v) is 3.69. The van der Waals surface area contributed by atoms with Gasteiger partial charge in [0.2, 0.25) is 5.91 Å². The van der Waals surface area contributed by atoms with Crippen LogP contribution < -0.4 is 5.32 Å². The highest BCUT2D eigenvalue weighted by Gasteiger charge is 2.42. The van der Waals surface area contributed by atoms with Crippen molar-refractivity contribution in [3.05, 3.63) is 18.7 Å². The second-order valence-corrected chi connectivity index (χ2v) is 8.84. The topological polar surface area (TPSA) is 79.7 Å². The third kappa shape index (κ3) is 4.61. The first-order valence-electron chi connectivity index (χ1n) is 9.58. The summed E-state index contributed by atoms with van der Waals surface area (Å²) in [5, 5.41) is 3.21. The molecule has 0 radical (unpaired) electrons. The molecule has 0 aromatic carbocycles. The van der Waals surface area contributed by atoms with Crippen molar-refractivity contribution in [1.29, 1.82) is 0 Å². The van der Waals surface area contributed by atoms with Gasteiger partial charge in [-0.05, 0) is 18.3 Å². The van der Waals surface area contributed by atoms with Gasteiger partial charge in [0.25, 0.3) is 0 Å². The summed E-state index contributed by atoms with van der Waals surface area (Å²) >= 11 is 0. The molecule has 8 heteroatoms. The lowest BCUT2D eigenvalue weighted by Crippen LogP contribution is -2.60. The molecule has 1 atom stereocenters. The van der Waals surface area contributed by atoms with Gasteiger partial charge in [-0.25, -0.2) is 9.78 Å². The Hall–Kier alpha value is -2.09. The number of likely N-dealkylation sites (tertiary alicyclic amines) is 1. The summed E-state index contributed by atoms with van der Waals surface area (Å²) in [6.07, 6.45) is 6.93. The van der Waals surface area contributed by atoms with Gasteiger partial charge in [0.05, 0.1) is 18.0 Å². The summed E-state index contributed by atoms with van der Waals surface area (Å²) in [5.41, 5.74) is -0.383. The summed E-state index contributed by atoms with van der Waals surface area (Å²) in [4.78, 5) is 32.2. The molecule has 2 aliphatic rings. The zero-order valence-corrected chi connectivity index (χ0v) is 16.8. The lowest BCUT2D eigenvalue weighted by molar-refractivity contribution is -0.167. The first-order valence-corrected chi connectivity index (χ1v) is 9.58. The number of hydrogen-bond donors (Lipinski definition) is 1. The van der Waals surface area contributed by atoms with Crippen molar-refractivity contribution in [2.75, 3.05) is 33.3 Å². The van der Waals surface area contributed by atoms with Gasteiger partial charge in [-0.3, -0.25) is 4.79 Å². The van der Waals surface area contributed by atoms with Crippen LogP contribution in [0, 0.1) is 5.41 Å². The Balaban J connectivity index is 1.57. The second kappa shape index (κ2) is 7.50. The zero-order valence-electron chi connectivity index (χ0n) is 16.8. The van der Waals surface area contributed by atoms with E-state index >= 15 is 0 Å². The normalized spacial score (nSPS) is 21.4. The van der Waals surface area contributed by atoms with E-state index < -0.39 is 0 Å². The minimum atomic E-state index is -0.306. The predicted octanol–water partition coefficient (Wildman–Crippen LogP) is 1.33. The summed E-state index contributed by atoms with van der Waals surface area (Å²) in [6, 6.07) is -0.0464. The molecule has 3 amide bonds. The van der Waals surface area contributed by atoms with Crippen LogP contribution in [0.4, 0.5) is 4.79 Å². The number of nitrogens with one attached hydrogen (secondary N) is 1. The fraction of sp³-hybridized carbons (Fsp3) is 0.737. The number of nitrogens with zero attached hydrogens (tertiary/aromatic N) is 4. The van der Waals surface area contributed by atoms with Crippen LogP contribution in [0.3, 0.4) is 0 Å². The van der Waals surface area contributed by atoms with E-state index in [0.29, 0.717) is 26.2 Å². The second-order valence-electron chi connectivity index (χ2n) is 8.84. The molecule has 0 unspecified atom stereocenters. The number of ether oxygens (including phenoxy) is 1. The van der Waals surface area contributed by atoms with Gasteiger partial charge < -0.3 is 24.4 Å². The van der Waals surface area contributed by atoms with Crippen LogP contribution in [0.15, 0.2) is 18.7 Å². The quantitative estimate of drug-likeness (QED) is 0.862. The molecule has 2 saturated heterocycles. The standard InChI is InChI=1S/C19H31N5O3/c1-18(2,3)15(11-23-10-7-20-14-23)21-17(26)24-8-5-19(6-9-24)13-22(4)16(25)12-27-19/h7,10,14-15H,5-6,8-9,11-13H2,1-4H3,(H,21,26)/t15-/m0/s1. The van der Waals surface area contributed by atoms with Crippen molar-refractivity contribution in [3.63, 3.8) is 0 Å². The number of rotatable bonds is 3. The third-order valence-electron chi connectivity index (χ3n) is 5.71. The SMILES string of the molecule is CN1CC2(CCN(C(=O)N[C@@H](Cn3ccnc3)C(C)(C)C)CC2)OCC1=O. The van der Waals surface area contributed by atoms with Gasteiger partial charge in [-0.1, -0.05) is 20.8 Å². The Bertz CT molecular complexity index is 659. The number of likely N-dealkylation sites (N-methyl/N-ethyl adjacent to an activating group) is 1. The van der Waals surface area contributed by atoms with E-state index in [9.17, 15) is 9.59 Å². The summed E-state index contributed by atoms with van der Waals surface area (Å²) in [6.45, 7) is 9.08. The van der Waals surface area contributed by atoms with Crippen molar-refractivity contribution in [2.45, 2.75) is 51.8 Å². The lowest BCUT2D eigenvalue weighted by atomic mass is 9.86. The van der Waals surface area contributed by atoms with Crippen LogP contribution >= 0.6 is 0 Å². The molecule has 0 saturated carbocycles. The van der Waals surface area contributed by atoms with E-state index in [1.54, 1.807) is 17.4 Å². The molecule has 2 fully saturated rings. The number of aromatic nitrogens is 2. The van der Waals surface area contributed by atoms with Crippen molar-refractivity contribution < 1.29 is 14.3 Å². The van der Waals surface area contributed by atoms with Crippen LogP contribution in [0.5, 0.6) is 0 Å². The number of hydrogen-bond acceptors (Lipinski definition) is 4. The molecule has 150 valence electrons. The van der Waals surface area contributed by atoms with E-state index in [4.69, 9.17) is 4.74 Å². The molecule has 1 aromatic heterocycles. The number of carbonyl (C=O) groups is 2. The minimum Gasteiger partial charge on any atom is -0.363 e. The monoisotopic (exact) mass is 377 g/mol. The summed E-state index contributed by atoms with van der Waals surface area (Å²) < 4.78 is 7.85. The van der Waals surface area contributed by atoms with Crippen LogP contribution in [0.2, 0.25) is 0 Å². The lowest BCUT2D eigenvalue weighted by Gasteiger charge is -2.46. The average Bonchev–Trinajstić information content (AvgIpc) is 3.11. The largest absolute Gasteiger partial charge is 0.363 e. The molecule has 3 heterocycles. The maximum absolute atomic E-state index is 12.9. The third-order valence-corrected chi connectivity index (χ3v) is 5.71. The Labute approximate surface area is 160 Å². The average molecular weight is 377 g/mol. The number of amides is 3. The highest BCUT2D eigenvalue weighted by Crippen LogP contribution is 2.30. The van der Waals surface area contributed by atoms with Gasteiger partial charge >= 0.3 is 6.03 Å². The Kier molecular flexibility index (Phi) is 5.46. The fourth-order valence-electron chi connectivity index (χ4n) is 3.69. The van der Waals surface area contributed by atoms with E-state index in [1.807, 2.05) is 22.7 Å². The molecular weight excluding hydrogens is 346 g/mol. The first kappa shape index (κ1) is 19.7. The van der Waals surface area contributed by atoms with Crippen LogP contribution in [0.25, 0.3) is 0 Å². The number of carbonyl (C=O) groups excluding carboxylic acids is 2. The summed E-state index contributed by atoms with van der Waals surface area (Å²) in [5.74, 6) is 0.0216. The number of morpholine rings is 1. The van der Waals surface area contributed by atoms with E-state index in [2.05, 4.69) is 31.1 Å². The zero-order chi connectivity index (χ0) is 19.7. The molecule has 8 nitrogen and oxygen atoms in total. The molecule has 2 aliphatic heterocycles. The van der Waals surface area contributed by atoms with Gasteiger partial charge in [0.1, 0.15) is 6.61 Å². The molecule has 1 N–H and O–H groups in total. The molecule has 0 aliphatic carbocycles. The van der Waals surface area contributed by atoms with Crippen LogP contribution in [0.1, 0.15) is 33.6 Å². The van der Waals surface area contributed by atoms with Gasteiger partial charge in [-0.15, -0.1) is 0 Å². The molecular formula is C19H31N5O3. The van der Waals surface area contributed by atoms with Gasteiger partial charge in [0.15, 0.2) is 0 Å². The van der Waals surface area contributed by atoms with E-state index in [0.717, 1.165) is 12.8 Å². The maximum Gasteiger partial charge on any atom is 0.317 e. The highest BCUT2D eigenvalue weighted by atomic mass is 16.5. The Morgan fingerprint density at radius 3 is 2.63 bits per heavy atom. The minimum absolute atomic E-state index is 0.00947. The Morgan fingerprint density at radius 2 is 2.07 bits per heavy atom. The van der Waals surface area contributed by atoms with Crippen LogP contribution in [-0.2, 0) is 16.1 Å². The number of urea groups is 1. The van der Waals surface area contributed by atoms with Gasteiger partial charge in [-0.2, -0.15) is 0 Å². The molecule has 0 bridgehead atoms. The van der Waals surface area contributed by atoms with Crippen molar-refractivity contribution in [1.82, 2.24) is 24.7 Å². The van der Waals surface area contributed by atoms with Crippen molar-refractivity contribution >= 4 is 11.9 Å². The molecule has 3 rings (SSSR count). The van der Waals surface area contributed by atoms with E-state index in [1.165, 1.54) is 0 Å². The Morgan fingerprint density at radius 1 is 1.37 bits per heavy atom. The van der Waals surface area contributed by atoms with Crippen molar-refractivity contribution in [2.24, 2.45) is 5.41 Å². The summed E-state index contributed by atoms with van der Waals surface area (Å²) in [7, 11) is 1.82. The van der Waals surface area contributed by atoms with Crippen LogP contribution in [-0.4, -0.2) is 76.2 Å². The number of imidazole rings is 1. The first-order chi connectivity index (χ1) is 12.7. The number of piperidine rings is 1. The smallest absolute Gasteiger partial charge is 0.317 e. The predicted molar refractivity (Wildman–Crippen MR) is 101 cm³/mol. The van der Waals surface area contributed by atoms with Gasteiger partial charge in [0, 0.05) is 45.6 Å². The highest BCUT2D eigenvalue weighted by molar-refractivity contribution is 5.78. The maximum atomic E-state index is 12.9. The molecule has 27 heavy (non-hydrogen) atoms. The molecule has 1 spiro atoms. The van der Waals surface area contributed by atoms with Crippen molar-refractivity contribution in [3.8, 4) is 0 Å². The molecule has 1 aromatic rings.